The van der Waals surface area contributed by atoms with E-state index in [2.05, 4.69) is 5.10 Å². The molecule has 0 aliphatic heterocycles. The summed E-state index contributed by atoms with van der Waals surface area (Å²) in [5.74, 6) is 0.322. The van der Waals surface area contributed by atoms with E-state index in [1.54, 1.807) is 49.1 Å². The second kappa shape index (κ2) is 4.08. The van der Waals surface area contributed by atoms with Crippen LogP contribution in [0.1, 0.15) is 0 Å². The standard InChI is InChI=1S/C12H15FN4/c1-16(2)11-6-8(4-5-10(11)13)9-7-15-17(3)12(9)14/h4-7H,14H2,1-3H3. The van der Waals surface area contributed by atoms with Crippen LogP contribution in [0.4, 0.5) is 15.9 Å². The highest BCUT2D eigenvalue weighted by Crippen LogP contribution is 2.29. The first kappa shape index (κ1) is 11.4. The summed E-state index contributed by atoms with van der Waals surface area (Å²) in [4.78, 5) is 1.73. The molecular weight excluding hydrogens is 219 g/mol. The van der Waals surface area contributed by atoms with Gasteiger partial charge in [0.25, 0.3) is 0 Å². The maximum atomic E-state index is 13.5. The van der Waals surface area contributed by atoms with Gasteiger partial charge in [-0.1, -0.05) is 6.07 Å². The summed E-state index contributed by atoms with van der Waals surface area (Å²) in [6, 6.07) is 4.91. The topological polar surface area (TPSA) is 47.1 Å². The van der Waals surface area contributed by atoms with Crippen molar-refractivity contribution in [2.45, 2.75) is 0 Å². The lowest BCUT2D eigenvalue weighted by atomic mass is 10.1. The van der Waals surface area contributed by atoms with Crippen LogP contribution in [0, 0.1) is 5.82 Å². The third kappa shape index (κ3) is 1.95. The number of halogens is 1. The predicted octanol–water partition coefficient (Wildman–Crippen LogP) is 1.87. The average molecular weight is 234 g/mol. The maximum absolute atomic E-state index is 13.5. The van der Waals surface area contributed by atoms with Crippen molar-refractivity contribution in [1.29, 1.82) is 0 Å². The van der Waals surface area contributed by atoms with E-state index in [1.165, 1.54) is 6.07 Å². The van der Waals surface area contributed by atoms with Crippen LogP contribution in [-0.4, -0.2) is 23.9 Å². The number of aryl methyl sites for hydroxylation is 1. The molecule has 5 heteroatoms. The van der Waals surface area contributed by atoms with E-state index in [-0.39, 0.29) is 5.82 Å². The third-order valence-corrected chi connectivity index (χ3v) is 2.72. The molecule has 1 heterocycles. The number of aromatic nitrogens is 2. The number of nitrogens with two attached hydrogens (primary N) is 1. The Morgan fingerprint density at radius 3 is 2.59 bits per heavy atom. The average Bonchev–Trinajstić information content (AvgIpc) is 2.60. The maximum Gasteiger partial charge on any atom is 0.146 e. The van der Waals surface area contributed by atoms with E-state index >= 15 is 0 Å². The number of rotatable bonds is 2. The highest BCUT2D eigenvalue weighted by molar-refractivity contribution is 5.76. The smallest absolute Gasteiger partial charge is 0.146 e. The molecule has 2 rings (SSSR count). The molecule has 0 bridgehead atoms. The van der Waals surface area contributed by atoms with Gasteiger partial charge in [-0.15, -0.1) is 0 Å². The molecule has 0 unspecified atom stereocenters. The fraction of sp³-hybridized carbons (Fsp3) is 0.250. The molecule has 0 spiro atoms. The molecule has 2 aromatic rings. The van der Waals surface area contributed by atoms with E-state index in [4.69, 9.17) is 5.73 Å². The zero-order chi connectivity index (χ0) is 12.6. The SMILES string of the molecule is CN(C)c1cc(-c2cnn(C)c2N)ccc1F. The Hall–Kier alpha value is -2.04. The lowest BCUT2D eigenvalue weighted by Gasteiger charge is -2.14. The van der Waals surface area contributed by atoms with Crippen molar-refractivity contribution in [3.05, 3.63) is 30.2 Å². The van der Waals surface area contributed by atoms with E-state index in [9.17, 15) is 4.39 Å². The molecule has 4 nitrogen and oxygen atoms in total. The number of hydrogen-bond acceptors (Lipinski definition) is 3. The first-order chi connectivity index (χ1) is 8.00. The molecule has 0 atom stereocenters. The van der Waals surface area contributed by atoms with Gasteiger partial charge in [0.15, 0.2) is 0 Å². The minimum atomic E-state index is -0.249. The Morgan fingerprint density at radius 2 is 2.06 bits per heavy atom. The van der Waals surface area contributed by atoms with Crippen LogP contribution in [0.3, 0.4) is 0 Å². The van der Waals surface area contributed by atoms with Gasteiger partial charge in [0, 0.05) is 26.7 Å². The first-order valence-corrected chi connectivity index (χ1v) is 5.25. The van der Waals surface area contributed by atoms with E-state index < -0.39 is 0 Å². The highest BCUT2D eigenvalue weighted by atomic mass is 19.1. The van der Waals surface area contributed by atoms with Crippen LogP contribution in [0.25, 0.3) is 11.1 Å². The van der Waals surface area contributed by atoms with Crippen molar-refractivity contribution in [2.24, 2.45) is 7.05 Å². The molecule has 0 radical (unpaired) electrons. The summed E-state index contributed by atoms with van der Waals surface area (Å²) >= 11 is 0. The highest BCUT2D eigenvalue weighted by Gasteiger charge is 2.11. The van der Waals surface area contributed by atoms with Crippen molar-refractivity contribution in [2.75, 3.05) is 24.7 Å². The molecule has 2 N–H and O–H groups in total. The number of nitrogens with zero attached hydrogens (tertiary/aromatic N) is 3. The molecule has 0 amide bonds. The normalized spacial score (nSPS) is 10.6. The summed E-state index contributed by atoms with van der Waals surface area (Å²) in [7, 11) is 5.37. The molecule has 0 aliphatic rings. The van der Waals surface area contributed by atoms with Crippen LogP contribution < -0.4 is 10.6 Å². The quantitative estimate of drug-likeness (QED) is 0.863. The van der Waals surface area contributed by atoms with Crippen molar-refractivity contribution in [3.8, 4) is 11.1 Å². The lowest BCUT2D eigenvalue weighted by Crippen LogP contribution is -2.10. The Morgan fingerprint density at radius 1 is 1.35 bits per heavy atom. The first-order valence-electron chi connectivity index (χ1n) is 5.25. The Balaban J connectivity index is 2.54. The van der Waals surface area contributed by atoms with Crippen molar-refractivity contribution >= 4 is 11.5 Å². The van der Waals surface area contributed by atoms with E-state index in [0.717, 1.165) is 11.1 Å². The molecule has 17 heavy (non-hydrogen) atoms. The summed E-state index contributed by atoms with van der Waals surface area (Å²) in [6.45, 7) is 0. The number of anilines is 2. The predicted molar refractivity (Wildman–Crippen MR) is 67.3 cm³/mol. The summed E-state index contributed by atoms with van der Waals surface area (Å²) in [6.07, 6.45) is 1.68. The van der Waals surface area contributed by atoms with Gasteiger partial charge in [-0.3, -0.25) is 4.68 Å². The van der Waals surface area contributed by atoms with E-state index in [1.807, 2.05) is 0 Å². The second-order valence-electron chi connectivity index (χ2n) is 4.13. The van der Waals surface area contributed by atoms with Crippen LogP contribution >= 0.6 is 0 Å². The van der Waals surface area contributed by atoms with Gasteiger partial charge in [0.2, 0.25) is 0 Å². The zero-order valence-corrected chi connectivity index (χ0v) is 10.1. The largest absolute Gasteiger partial charge is 0.383 e. The molecule has 0 saturated heterocycles. The fourth-order valence-corrected chi connectivity index (χ4v) is 1.69. The second-order valence-corrected chi connectivity index (χ2v) is 4.13. The number of hydrogen-bond donors (Lipinski definition) is 1. The van der Waals surface area contributed by atoms with E-state index in [0.29, 0.717) is 11.5 Å². The molecule has 1 aromatic carbocycles. The summed E-state index contributed by atoms with van der Waals surface area (Å²) in [5.41, 5.74) is 8.10. The molecule has 0 saturated carbocycles. The van der Waals surface area contributed by atoms with Gasteiger partial charge in [0.05, 0.1) is 11.9 Å². The van der Waals surface area contributed by atoms with Crippen LogP contribution in [0.2, 0.25) is 0 Å². The Labute approximate surface area is 99.5 Å². The van der Waals surface area contributed by atoms with Gasteiger partial charge in [-0.05, 0) is 17.7 Å². The molecule has 90 valence electrons. The fourth-order valence-electron chi connectivity index (χ4n) is 1.69. The summed E-state index contributed by atoms with van der Waals surface area (Å²) in [5, 5.41) is 4.07. The van der Waals surface area contributed by atoms with Crippen molar-refractivity contribution < 1.29 is 4.39 Å². The Kier molecular flexibility index (Phi) is 2.75. The summed E-state index contributed by atoms with van der Waals surface area (Å²) < 4.78 is 15.1. The van der Waals surface area contributed by atoms with Crippen molar-refractivity contribution in [1.82, 2.24) is 9.78 Å². The van der Waals surface area contributed by atoms with Crippen LogP contribution in [0.5, 0.6) is 0 Å². The monoisotopic (exact) mass is 234 g/mol. The molecule has 0 aliphatic carbocycles. The van der Waals surface area contributed by atoms with Gasteiger partial charge in [-0.25, -0.2) is 4.39 Å². The number of benzene rings is 1. The van der Waals surface area contributed by atoms with Gasteiger partial charge in [0.1, 0.15) is 11.6 Å². The van der Waals surface area contributed by atoms with Crippen molar-refractivity contribution in [3.63, 3.8) is 0 Å². The Bertz CT molecular complexity index is 545. The van der Waals surface area contributed by atoms with Gasteiger partial charge >= 0.3 is 0 Å². The molecular formula is C12H15FN4. The molecule has 1 aromatic heterocycles. The third-order valence-electron chi connectivity index (χ3n) is 2.72. The molecule has 0 fully saturated rings. The minimum Gasteiger partial charge on any atom is -0.383 e. The van der Waals surface area contributed by atoms with Crippen LogP contribution in [0.15, 0.2) is 24.4 Å². The number of nitrogen functional groups attached to an aromatic ring is 1. The minimum absolute atomic E-state index is 0.249. The lowest BCUT2D eigenvalue weighted by molar-refractivity contribution is 0.626. The van der Waals surface area contributed by atoms with Gasteiger partial charge < -0.3 is 10.6 Å². The van der Waals surface area contributed by atoms with Gasteiger partial charge in [-0.2, -0.15) is 5.10 Å². The zero-order valence-electron chi connectivity index (χ0n) is 10.1. The van der Waals surface area contributed by atoms with Crippen LogP contribution in [-0.2, 0) is 7.05 Å².